The summed E-state index contributed by atoms with van der Waals surface area (Å²) in [7, 11) is 0. The van der Waals surface area contributed by atoms with E-state index in [4.69, 9.17) is 25.0 Å². The van der Waals surface area contributed by atoms with Crippen LogP contribution in [0, 0.1) is 109 Å². The van der Waals surface area contributed by atoms with E-state index in [1.807, 2.05) is 78.1 Å². The number of aldehydes is 1. The minimum absolute atomic E-state index is 0. The maximum atomic E-state index is 10.1. The first-order valence-electron chi connectivity index (χ1n) is 6.67. The first kappa shape index (κ1) is 46.0. The van der Waals surface area contributed by atoms with E-state index in [-0.39, 0.29) is 47.5 Å². The van der Waals surface area contributed by atoms with Crippen molar-refractivity contribution in [3.8, 4) is 12.3 Å². The van der Waals surface area contributed by atoms with Crippen LogP contribution < -0.4 is 0 Å². The van der Waals surface area contributed by atoms with Crippen LogP contribution in [0.4, 0.5) is 0 Å². The summed E-state index contributed by atoms with van der Waals surface area (Å²) < 4.78 is 30.0. The summed E-state index contributed by atoms with van der Waals surface area (Å²) in [6.45, 7) is 21.6. The largest absolute Gasteiger partial charge is 0.0312 e. The molecule has 0 aliphatic heterocycles. The van der Waals surface area contributed by atoms with Gasteiger partial charge in [0.15, 0.2) is 0 Å². The third-order valence-corrected chi connectivity index (χ3v) is 1.99. The summed E-state index contributed by atoms with van der Waals surface area (Å²) in [4.78, 5) is 10.1. The molecule has 28 heavy (non-hydrogen) atoms. The zero-order valence-electron chi connectivity index (χ0n) is 15.5. The minimum atomic E-state index is -0.325. The van der Waals surface area contributed by atoms with Gasteiger partial charge in [-0.1, -0.05) is 13.8 Å². The number of carbonyl (C=O) groups is 1. The molecule has 0 aromatic heterocycles. The Hall–Kier alpha value is -0.433. The van der Waals surface area contributed by atoms with Crippen molar-refractivity contribution in [3.63, 3.8) is 0 Å². The Morgan fingerprint density at radius 3 is 0.964 bits per heavy atom. The van der Waals surface area contributed by atoms with Gasteiger partial charge in [0.05, 0.1) is 0 Å². The Morgan fingerprint density at radius 1 is 0.714 bits per heavy atom. The predicted octanol–water partition coefficient (Wildman–Crippen LogP) is 3.12. The predicted molar refractivity (Wildman–Crippen MR) is 92.0 cm³/mol. The summed E-state index contributed by atoms with van der Waals surface area (Å²) in [6, 6.07) is 0. The Bertz CT molecular complexity index is 336. The van der Waals surface area contributed by atoms with Gasteiger partial charge in [0.25, 0.3) is 0 Å². The van der Waals surface area contributed by atoms with Crippen molar-refractivity contribution < 1.29 is 65.5 Å². The fourth-order valence-electron chi connectivity index (χ4n) is 0.946. The van der Waals surface area contributed by atoms with Crippen LogP contribution in [0.25, 0.3) is 0 Å². The van der Waals surface area contributed by atoms with E-state index in [2.05, 4.69) is 32.5 Å². The van der Waals surface area contributed by atoms with Crippen molar-refractivity contribution >= 4 is 6.29 Å². The minimum Gasteiger partial charge on any atom is -0.0312 e. The molecule has 2 aliphatic carbocycles. The van der Waals surface area contributed by atoms with Crippen LogP contribution >= 0.6 is 0 Å². The van der Waals surface area contributed by atoms with Gasteiger partial charge in [-0.3, -0.25) is 0 Å². The van der Waals surface area contributed by atoms with Crippen LogP contribution in [0.15, 0.2) is 0 Å². The monoisotopic (exact) mass is 548 g/mol. The fraction of sp³-hybridized carbons (Fsp3) is 0.190. The van der Waals surface area contributed by atoms with E-state index in [1.54, 1.807) is 0 Å². The van der Waals surface area contributed by atoms with Gasteiger partial charge in [0.2, 0.25) is 0 Å². The second kappa shape index (κ2) is 50.4. The molecule has 0 bridgehead atoms. The van der Waals surface area contributed by atoms with E-state index in [0.717, 1.165) is 6.29 Å². The molecular weight excluding hydrogens is 524 g/mol. The molecule has 0 N–H and O–H groups in total. The smallest absolute Gasteiger partial charge is 0 e. The Morgan fingerprint density at radius 2 is 0.893 bits per heavy atom. The number of hydrogen-bond acceptors (Lipinski definition) is 1. The van der Waals surface area contributed by atoms with Gasteiger partial charge in [-0.05, 0) is 64.2 Å². The molecule has 2 saturated carbocycles. The average Bonchev–Trinajstić information content (AvgIpc) is 3.47. The molecular formula is C21H20Mo2O5. The first-order chi connectivity index (χ1) is 12.6. The van der Waals surface area contributed by atoms with Gasteiger partial charge in [0, 0.05) is 54.0 Å². The van der Waals surface area contributed by atoms with E-state index < -0.39 is 0 Å². The van der Waals surface area contributed by atoms with Crippen LogP contribution in [0.5, 0.6) is 0 Å². The van der Waals surface area contributed by atoms with Gasteiger partial charge in [-0.2, -0.15) is 0 Å². The molecule has 7 heteroatoms. The number of hydrogen-bond donors (Lipinski definition) is 0. The zero-order chi connectivity index (χ0) is 21.7. The van der Waals surface area contributed by atoms with Crippen molar-refractivity contribution in [2.75, 3.05) is 0 Å². The van der Waals surface area contributed by atoms with Crippen molar-refractivity contribution in [3.05, 3.63) is 90.8 Å². The second-order valence-electron chi connectivity index (χ2n) is 4.41. The van der Waals surface area contributed by atoms with Crippen LogP contribution in [-0.4, -0.2) is 6.29 Å². The van der Waals surface area contributed by atoms with Gasteiger partial charge >= 0.3 is 45.2 Å². The second-order valence-corrected chi connectivity index (χ2v) is 4.41. The van der Waals surface area contributed by atoms with Gasteiger partial charge < -0.3 is 4.79 Å². The molecule has 2 rings (SSSR count). The maximum absolute atomic E-state index is 10.1. The average molecular weight is 544 g/mol. The fourth-order valence-corrected chi connectivity index (χ4v) is 0.946. The molecule has 2 fully saturated rings. The van der Waals surface area contributed by atoms with E-state index in [0.29, 0.717) is 6.42 Å². The summed E-state index contributed by atoms with van der Waals surface area (Å²) in [5.41, 5.74) is -0.325. The molecule has 0 aromatic carbocycles. The number of terminal acetylenes is 1. The third kappa shape index (κ3) is 56.2. The molecule has 0 saturated heterocycles. The quantitative estimate of drug-likeness (QED) is 0.173. The molecule has 5 nitrogen and oxygen atoms in total. The summed E-state index contributed by atoms with van der Waals surface area (Å²) in [6.07, 6.45) is 26.4. The maximum Gasteiger partial charge on any atom is 0 e. The third-order valence-electron chi connectivity index (χ3n) is 1.99. The SMILES string of the molecule is C#CCC(C)(C)C=O.[C-]#[O+].[C-]#[O+].[C-]#[O+].[C-]#[O+].[CH]1[CH][CH][CH][CH]1.[CH]1[CH][CH][CH][CH]1.[Mo].[Mo]. The summed E-state index contributed by atoms with van der Waals surface area (Å²) in [5, 5.41) is 0. The molecule has 146 valence electrons. The zero-order valence-corrected chi connectivity index (χ0v) is 19.5. The Balaban J connectivity index is -0.0000000394. The molecule has 0 amide bonds. The first-order valence-corrected chi connectivity index (χ1v) is 6.67. The Kier molecular flexibility index (Phi) is 82.8. The van der Waals surface area contributed by atoms with Crippen molar-refractivity contribution in [1.82, 2.24) is 0 Å². The van der Waals surface area contributed by atoms with Gasteiger partial charge in [-0.15, -0.1) is 12.3 Å². The van der Waals surface area contributed by atoms with E-state index in [1.165, 1.54) is 0 Å². The van der Waals surface area contributed by atoms with Crippen LogP contribution in [-0.2, 0) is 65.5 Å². The molecule has 0 spiro atoms. The molecule has 0 heterocycles. The molecule has 0 atom stereocenters. The molecule has 2 aliphatic rings. The normalized spacial score (nSPS) is 11.8. The van der Waals surface area contributed by atoms with Crippen LogP contribution in [0.3, 0.4) is 0 Å². The van der Waals surface area contributed by atoms with Gasteiger partial charge in [0.1, 0.15) is 6.29 Å². The van der Waals surface area contributed by atoms with Gasteiger partial charge in [-0.25, -0.2) is 0 Å². The molecule has 0 aromatic rings. The topological polar surface area (TPSA) is 96.7 Å². The number of carbonyl (C=O) groups excluding carboxylic acids is 1. The van der Waals surface area contributed by atoms with Crippen LogP contribution in [0.1, 0.15) is 20.3 Å². The van der Waals surface area contributed by atoms with Crippen molar-refractivity contribution in [2.45, 2.75) is 20.3 Å². The van der Waals surface area contributed by atoms with E-state index in [9.17, 15) is 4.79 Å². The Labute approximate surface area is 200 Å². The summed E-state index contributed by atoms with van der Waals surface area (Å²) in [5.74, 6) is 2.43. The standard InChI is InChI=1S/C7H10O.2C5H5.4CO.2Mo/c1-4-5-7(2,3)6-8;2*1-2-4-5-3-1;4*1-2;;/h1,6H,5H2,2-3H3;2*1-5H;;;;;;. The van der Waals surface area contributed by atoms with E-state index >= 15 is 0 Å². The number of rotatable bonds is 2. The molecule has 10 radical (unpaired) electrons. The van der Waals surface area contributed by atoms with Crippen molar-refractivity contribution in [1.29, 1.82) is 0 Å². The van der Waals surface area contributed by atoms with Crippen molar-refractivity contribution in [2.24, 2.45) is 5.41 Å². The molecule has 0 unspecified atom stereocenters. The van der Waals surface area contributed by atoms with Crippen LogP contribution in [0.2, 0.25) is 0 Å². The summed E-state index contributed by atoms with van der Waals surface area (Å²) >= 11 is 0.